The van der Waals surface area contributed by atoms with Gasteiger partial charge in [0.15, 0.2) is 6.29 Å². The number of benzene rings is 1. The first-order valence-electron chi connectivity index (χ1n) is 5.14. The van der Waals surface area contributed by atoms with Crippen LogP contribution < -0.4 is 0 Å². The number of ether oxygens (including phenoxy) is 1. The van der Waals surface area contributed by atoms with Crippen LogP contribution in [0.15, 0.2) is 18.2 Å². The predicted octanol–water partition coefficient (Wildman–Crippen LogP) is 2.16. The average Bonchev–Trinajstić information content (AvgIpc) is 2.30. The summed E-state index contributed by atoms with van der Waals surface area (Å²) < 4.78 is 4.97. The Hall–Kier alpha value is -1.84. The number of carbonyl (C=O) groups excluding carboxylic acids is 2. The molecule has 0 unspecified atom stereocenters. The lowest BCUT2D eigenvalue weighted by Crippen LogP contribution is -2.06. The zero-order valence-electron chi connectivity index (χ0n) is 9.10. The highest BCUT2D eigenvalue weighted by Gasteiger charge is 2.09. The minimum Gasteiger partial charge on any atom is -0.507 e. The highest BCUT2D eigenvalue weighted by molar-refractivity contribution is 5.92. The molecule has 0 aliphatic rings. The summed E-state index contributed by atoms with van der Waals surface area (Å²) in [6, 6.07) is 4.05. The van der Waals surface area contributed by atoms with Gasteiger partial charge in [0, 0.05) is 0 Å². The van der Waals surface area contributed by atoms with E-state index in [0.29, 0.717) is 12.9 Å². The summed E-state index contributed by atoms with van der Waals surface area (Å²) in [5.74, 6) is -0.614. The van der Waals surface area contributed by atoms with Gasteiger partial charge in [-0.25, -0.2) is 4.79 Å². The van der Waals surface area contributed by atoms with E-state index >= 15 is 0 Å². The van der Waals surface area contributed by atoms with E-state index in [1.54, 1.807) is 0 Å². The monoisotopic (exact) mass is 222 g/mol. The van der Waals surface area contributed by atoms with Crippen molar-refractivity contribution >= 4 is 12.3 Å². The van der Waals surface area contributed by atoms with Crippen molar-refractivity contribution in [2.75, 3.05) is 6.61 Å². The molecule has 0 radical (unpaired) electrons. The van der Waals surface area contributed by atoms with Gasteiger partial charge in [-0.1, -0.05) is 13.3 Å². The Morgan fingerprint density at radius 1 is 1.50 bits per heavy atom. The molecular weight excluding hydrogens is 208 g/mol. The molecule has 1 aromatic carbocycles. The number of phenolic OH excluding ortho intramolecular Hbond substituents is 1. The van der Waals surface area contributed by atoms with Crippen LogP contribution >= 0.6 is 0 Å². The van der Waals surface area contributed by atoms with Crippen LogP contribution in [0.25, 0.3) is 0 Å². The van der Waals surface area contributed by atoms with E-state index in [-0.39, 0.29) is 16.9 Å². The zero-order valence-corrected chi connectivity index (χ0v) is 9.10. The topological polar surface area (TPSA) is 63.6 Å². The third kappa shape index (κ3) is 3.08. The Morgan fingerprint density at radius 3 is 2.88 bits per heavy atom. The molecule has 0 aromatic heterocycles. The highest BCUT2D eigenvalue weighted by atomic mass is 16.5. The lowest BCUT2D eigenvalue weighted by atomic mass is 10.1. The normalized spacial score (nSPS) is 9.81. The van der Waals surface area contributed by atoms with Crippen LogP contribution in [-0.2, 0) is 4.74 Å². The molecule has 1 aromatic rings. The first-order chi connectivity index (χ1) is 7.69. The molecule has 4 heteroatoms. The molecule has 16 heavy (non-hydrogen) atoms. The van der Waals surface area contributed by atoms with E-state index in [0.717, 1.165) is 12.8 Å². The average molecular weight is 222 g/mol. The van der Waals surface area contributed by atoms with Gasteiger partial charge < -0.3 is 9.84 Å². The Balaban J connectivity index is 2.72. The molecule has 0 saturated carbocycles. The van der Waals surface area contributed by atoms with Crippen molar-refractivity contribution in [1.29, 1.82) is 0 Å². The van der Waals surface area contributed by atoms with Gasteiger partial charge in [0.05, 0.1) is 17.7 Å². The standard InChI is InChI=1S/C12H14O4/c1-2-3-6-16-12(15)9-4-5-11(14)10(7-9)8-13/h4-5,7-8,14H,2-3,6H2,1H3. The molecule has 0 aliphatic heterocycles. The van der Waals surface area contributed by atoms with Crippen molar-refractivity contribution in [2.24, 2.45) is 0 Å². The van der Waals surface area contributed by atoms with Crippen LogP contribution in [0.4, 0.5) is 0 Å². The molecule has 1 rings (SSSR count). The number of unbranched alkanes of at least 4 members (excludes halogenated alkanes) is 1. The van der Waals surface area contributed by atoms with Crippen LogP contribution in [0.1, 0.15) is 40.5 Å². The van der Waals surface area contributed by atoms with Crippen LogP contribution in [0.2, 0.25) is 0 Å². The number of rotatable bonds is 5. The van der Waals surface area contributed by atoms with Crippen LogP contribution in [0.5, 0.6) is 5.75 Å². The molecule has 0 saturated heterocycles. The zero-order chi connectivity index (χ0) is 12.0. The largest absolute Gasteiger partial charge is 0.507 e. The van der Waals surface area contributed by atoms with Gasteiger partial charge in [0.1, 0.15) is 5.75 Å². The van der Waals surface area contributed by atoms with Crippen molar-refractivity contribution in [1.82, 2.24) is 0 Å². The maximum atomic E-state index is 11.5. The van der Waals surface area contributed by atoms with E-state index < -0.39 is 5.97 Å². The number of hydrogen-bond donors (Lipinski definition) is 1. The minimum absolute atomic E-state index is 0.0879. The molecule has 0 fully saturated rings. The number of aromatic hydroxyl groups is 1. The van der Waals surface area contributed by atoms with Gasteiger partial charge in [-0.05, 0) is 24.6 Å². The quantitative estimate of drug-likeness (QED) is 0.471. The van der Waals surface area contributed by atoms with E-state index in [2.05, 4.69) is 0 Å². The summed E-state index contributed by atoms with van der Waals surface area (Å²) in [4.78, 5) is 22.0. The fourth-order valence-corrected chi connectivity index (χ4v) is 1.17. The second kappa shape index (κ2) is 5.90. The third-order valence-corrected chi connectivity index (χ3v) is 2.12. The smallest absolute Gasteiger partial charge is 0.338 e. The van der Waals surface area contributed by atoms with Gasteiger partial charge in [-0.2, -0.15) is 0 Å². The van der Waals surface area contributed by atoms with E-state index in [1.807, 2.05) is 6.92 Å². The van der Waals surface area contributed by atoms with Gasteiger partial charge >= 0.3 is 5.97 Å². The summed E-state index contributed by atoms with van der Waals surface area (Å²) >= 11 is 0. The second-order valence-electron chi connectivity index (χ2n) is 3.38. The van der Waals surface area contributed by atoms with Crippen molar-refractivity contribution in [3.63, 3.8) is 0 Å². The molecule has 0 spiro atoms. The number of esters is 1. The Bertz CT molecular complexity index is 385. The number of phenols is 1. The molecule has 0 heterocycles. The SMILES string of the molecule is CCCCOC(=O)c1ccc(O)c(C=O)c1. The summed E-state index contributed by atoms with van der Waals surface area (Å²) in [5, 5.41) is 9.25. The van der Waals surface area contributed by atoms with Crippen LogP contribution in [-0.4, -0.2) is 24.0 Å². The van der Waals surface area contributed by atoms with E-state index in [4.69, 9.17) is 4.74 Å². The lowest BCUT2D eigenvalue weighted by molar-refractivity contribution is 0.0499. The molecular formula is C12H14O4. The lowest BCUT2D eigenvalue weighted by Gasteiger charge is -2.04. The van der Waals surface area contributed by atoms with Crippen molar-refractivity contribution in [2.45, 2.75) is 19.8 Å². The van der Waals surface area contributed by atoms with E-state index in [1.165, 1.54) is 18.2 Å². The molecule has 0 amide bonds. The molecule has 0 atom stereocenters. The maximum Gasteiger partial charge on any atom is 0.338 e. The summed E-state index contributed by atoms with van der Waals surface area (Å²) in [7, 11) is 0. The van der Waals surface area contributed by atoms with Gasteiger partial charge in [0.25, 0.3) is 0 Å². The summed E-state index contributed by atoms with van der Waals surface area (Å²) in [6.07, 6.45) is 2.25. The number of aldehydes is 1. The Labute approximate surface area is 93.9 Å². The van der Waals surface area contributed by atoms with Crippen LogP contribution in [0, 0.1) is 0 Å². The van der Waals surface area contributed by atoms with Crippen molar-refractivity contribution < 1.29 is 19.4 Å². The maximum absolute atomic E-state index is 11.5. The van der Waals surface area contributed by atoms with Crippen molar-refractivity contribution in [3.8, 4) is 5.75 Å². The highest BCUT2D eigenvalue weighted by Crippen LogP contribution is 2.17. The molecule has 1 N–H and O–H groups in total. The summed E-state index contributed by atoms with van der Waals surface area (Å²) in [6.45, 7) is 2.37. The molecule has 4 nitrogen and oxygen atoms in total. The van der Waals surface area contributed by atoms with Crippen molar-refractivity contribution in [3.05, 3.63) is 29.3 Å². The predicted molar refractivity (Wildman–Crippen MR) is 58.7 cm³/mol. The number of hydrogen-bond acceptors (Lipinski definition) is 4. The van der Waals surface area contributed by atoms with Gasteiger partial charge in [-0.15, -0.1) is 0 Å². The fraction of sp³-hybridized carbons (Fsp3) is 0.333. The molecule has 86 valence electrons. The first-order valence-corrected chi connectivity index (χ1v) is 5.14. The van der Waals surface area contributed by atoms with Gasteiger partial charge in [-0.3, -0.25) is 4.79 Å². The number of carbonyl (C=O) groups is 2. The Morgan fingerprint density at radius 2 is 2.25 bits per heavy atom. The van der Waals surface area contributed by atoms with Gasteiger partial charge in [0.2, 0.25) is 0 Å². The fourth-order valence-electron chi connectivity index (χ4n) is 1.17. The second-order valence-corrected chi connectivity index (χ2v) is 3.38. The third-order valence-electron chi connectivity index (χ3n) is 2.12. The summed E-state index contributed by atoms with van der Waals surface area (Å²) in [5.41, 5.74) is 0.362. The van der Waals surface area contributed by atoms with Crippen LogP contribution in [0.3, 0.4) is 0 Å². The first kappa shape index (κ1) is 12.2. The minimum atomic E-state index is -0.475. The molecule has 0 bridgehead atoms. The van der Waals surface area contributed by atoms with E-state index in [9.17, 15) is 14.7 Å². The molecule has 0 aliphatic carbocycles. The Kier molecular flexibility index (Phi) is 4.51.